The van der Waals surface area contributed by atoms with Crippen molar-refractivity contribution >= 4 is 45.9 Å². The van der Waals surface area contributed by atoms with Gasteiger partial charge < -0.3 is 29.9 Å². The standard InChI is InChI=1S/C30H31F2N5O6/c1-16(38)33-13-20-14-37(30(42)43-20)19-4-5-25(23(31)10-19)34-17-6-8-35(9-7-17)27-12-26-21(11-24(27)32)28(39)22(29(40)41)15-36(26)18-2-3-18/h4-5,10-12,15,17-18,20,34H,2-3,6-9,13-14H2,1H3,(H,33,38)(H,40,41)/t20-/m0/s1. The number of fused-ring (bicyclic) bond motifs is 1. The number of carboxylic acid groups (broad SMARTS) is 1. The number of benzene rings is 2. The summed E-state index contributed by atoms with van der Waals surface area (Å²) in [5.74, 6) is -2.70. The van der Waals surface area contributed by atoms with Crippen LogP contribution in [0.25, 0.3) is 10.9 Å². The van der Waals surface area contributed by atoms with E-state index in [-0.39, 0.29) is 47.7 Å². The molecule has 11 nitrogen and oxygen atoms in total. The first-order chi connectivity index (χ1) is 20.6. The van der Waals surface area contributed by atoms with Crippen LogP contribution >= 0.6 is 0 Å². The van der Waals surface area contributed by atoms with E-state index in [1.807, 2.05) is 4.90 Å². The van der Waals surface area contributed by atoms with Crippen LogP contribution in [0, 0.1) is 11.6 Å². The molecule has 3 aliphatic rings. The van der Waals surface area contributed by atoms with E-state index in [1.165, 1.54) is 24.1 Å². The number of nitrogens with one attached hydrogen (secondary N) is 2. The highest BCUT2D eigenvalue weighted by atomic mass is 19.1. The molecule has 1 saturated carbocycles. The van der Waals surface area contributed by atoms with E-state index in [4.69, 9.17) is 4.74 Å². The van der Waals surface area contributed by atoms with Gasteiger partial charge in [0.2, 0.25) is 11.3 Å². The lowest BCUT2D eigenvalue weighted by Gasteiger charge is -2.35. The largest absolute Gasteiger partial charge is 0.477 e. The van der Waals surface area contributed by atoms with Gasteiger partial charge in [-0.15, -0.1) is 0 Å². The lowest BCUT2D eigenvalue weighted by atomic mass is 10.0. The van der Waals surface area contributed by atoms with Crippen LogP contribution in [0.5, 0.6) is 0 Å². The molecule has 6 rings (SSSR count). The molecule has 2 amide bonds. The molecule has 1 aliphatic carbocycles. The minimum atomic E-state index is -1.34. The zero-order valence-corrected chi connectivity index (χ0v) is 23.4. The number of hydrogen-bond acceptors (Lipinski definition) is 7. The summed E-state index contributed by atoms with van der Waals surface area (Å²) < 4.78 is 37.4. The molecule has 13 heteroatoms. The van der Waals surface area contributed by atoms with Crippen molar-refractivity contribution in [3.05, 3.63) is 63.9 Å². The number of aromatic nitrogens is 1. The van der Waals surface area contributed by atoms with Gasteiger partial charge in [0.15, 0.2) is 0 Å². The fourth-order valence-electron chi connectivity index (χ4n) is 5.78. The van der Waals surface area contributed by atoms with Crippen molar-refractivity contribution in [1.82, 2.24) is 9.88 Å². The van der Waals surface area contributed by atoms with Crippen LogP contribution in [0.2, 0.25) is 0 Å². The Morgan fingerprint density at radius 2 is 1.79 bits per heavy atom. The third kappa shape index (κ3) is 5.71. The topological polar surface area (TPSA) is 133 Å². The van der Waals surface area contributed by atoms with Crippen molar-refractivity contribution < 1.29 is 33.0 Å². The van der Waals surface area contributed by atoms with E-state index in [1.54, 1.807) is 22.8 Å². The predicted molar refractivity (Wildman–Crippen MR) is 155 cm³/mol. The minimum absolute atomic E-state index is 0.0500. The molecule has 0 bridgehead atoms. The zero-order chi connectivity index (χ0) is 30.4. The van der Waals surface area contributed by atoms with Gasteiger partial charge in [-0.2, -0.15) is 0 Å². The van der Waals surface area contributed by atoms with Crippen molar-refractivity contribution in [3.8, 4) is 0 Å². The van der Waals surface area contributed by atoms with Crippen molar-refractivity contribution in [1.29, 1.82) is 0 Å². The fraction of sp³-hybridized carbons (Fsp3) is 0.400. The van der Waals surface area contributed by atoms with Gasteiger partial charge in [-0.1, -0.05) is 0 Å². The molecular formula is C30H31F2N5O6. The van der Waals surface area contributed by atoms with Crippen molar-refractivity contribution in [3.63, 3.8) is 0 Å². The van der Waals surface area contributed by atoms with Crippen LogP contribution in [0.3, 0.4) is 0 Å². The first-order valence-electron chi connectivity index (χ1n) is 14.2. The molecule has 43 heavy (non-hydrogen) atoms. The average molecular weight is 596 g/mol. The molecule has 2 aromatic carbocycles. The molecule has 1 atom stereocenters. The maximum atomic E-state index is 15.3. The molecule has 3 fully saturated rings. The Hall–Kier alpha value is -4.68. The van der Waals surface area contributed by atoms with E-state index < -0.39 is 35.2 Å². The van der Waals surface area contributed by atoms with Gasteiger partial charge in [0, 0.05) is 43.7 Å². The number of pyridine rings is 1. The number of piperidine rings is 1. The number of cyclic esters (lactones) is 1. The minimum Gasteiger partial charge on any atom is -0.477 e. The highest BCUT2D eigenvalue weighted by molar-refractivity contribution is 5.94. The summed E-state index contributed by atoms with van der Waals surface area (Å²) in [5, 5.41) is 15.3. The molecule has 0 spiro atoms. The summed E-state index contributed by atoms with van der Waals surface area (Å²) in [6, 6.07) is 7.22. The summed E-state index contributed by atoms with van der Waals surface area (Å²) in [5.41, 5.74) is 0.411. The molecule has 3 aromatic rings. The quantitative estimate of drug-likeness (QED) is 0.358. The second-order valence-electron chi connectivity index (χ2n) is 11.3. The Balaban J connectivity index is 1.12. The number of carbonyl (C=O) groups is 3. The second kappa shape index (κ2) is 11.2. The number of amides is 2. The summed E-state index contributed by atoms with van der Waals surface area (Å²) in [6.45, 7) is 2.70. The monoisotopic (exact) mass is 595 g/mol. The highest BCUT2D eigenvalue weighted by Gasteiger charge is 2.33. The molecule has 0 unspecified atom stereocenters. The number of carbonyl (C=O) groups excluding carboxylic acids is 2. The van der Waals surface area contributed by atoms with Gasteiger partial charge in [0.1, 0.15) is 23.3 Å². The van der Waals surface area contributed by atoms with E-state index in [9.17, 15) is 24.3 Å². The van der Waals surface area contributed by atoms with Crippen LogP contribution < -0.4 is 25.9 Å². The predicted octanol–water partition coefficient (Wildman–Crippen LogP) is 3.86. The lowest BCUT2D eigenvalue weighted by Crippen LogP contribution is -2.39. The number of halogens is 2. The number of carboxylic acids is 1. The molecule has 1 aromatic heterocycles. The number of rotatable bonds is 8. The smallest absolute Gasteiger partial charge is 0.414 e. The molecule has 0 radical (unpaired) electrons. The number of anilines is 3. The molecule has 2 saturated heterocycles. The highest BCUT2D eigenvalue weighted by Crippen LogP contribution is 2.38. The van der Waals surface area contributed by atoms with E-state index in [2.05, 4.69) is 10.6 Å². The Kier molecular flexibility index (Phi) is 7.40. The molecule has 3 N–H and O–H groups in total. The van der Waals surface area contributed by atoms with Gasteiger partial charge in [-0.05, 0) is 56.0 Å². The van der Waals surface area contributed by atoms with Crippen molar-refractivity contribution in [2.45, 2.75) is 50.8 Å². The number of aromatic carboxylic acids is 1. The van der Waals surface area contributed by atoms with E-state index >= 15 is 8.78 Å². The summed E-state index contributed by atoms with van der Waals surface area (Å²) >= 11 is 0. The van der Waals surface area contributed by atoms with Crippen molar-refractivity contribution in [2.75, 3.05) is 41.3 Å². The lowest BCUT2D eigenvalue weighted by molar-refractivity contribution is -0.119. The number of ether oxygens (including phenoxy) is 1. The van der Waals surface area contributed by atoms with E-state index in [0.717, 1.165) is 18.9 Å². The first kappa shape index (κ1) is 28.4. The van der Waals surface area contributed by atoms with Gasteiger partial charge >= 0.3 is 12.1 Å². The summed E-state index contributed by atoms with van der Waals surface area (Å²) in [6.07, 6.45) is 3.13. The number of hydrogen-bond donors (Lipinski definition) is 3. The second-order valence-corrected chi connectivity index (χ2v) is 11.3. The van der Waals surface area contributed by atoms with Crippen LogP contribution in [-0.4, -0.2) is 66.0 Å². The maximum absolute atomic E-state index is 15.3. The van der Waals surface area contributed by atoms with Crippen LogP contribution in [0.15, 0.2) is 41.3 Å². The molecule has 226 valence electrons. The zero-order valence-electron chi connectivity index (χ0n) is 23.4. The van der Waals surface area contributed by atoms with Gasteiger partial charge in [0.25, 0.3) is 0 Å². The van der Waals surface area contributed by atoms with Gasteiger partial charge in [0.05, 0.1) is 35.7 Å². The summed E-state index contributed by atoms with van der Waals surface area (Å²) in [7, 11) is 0. The Morgan fingerprint density at radius 1 is 1.05 bits per heavy atom. The van der Waals surface area contributed by atoms with Crippen molar-refractivity contribution in [2.24, 2.45) is 0 Å². The Morgan fingerprint density at radius 3 is 2.44 bits per heavy atom. The Labute approximate surface area is 245 Å². The molecule has 2 aliphatic heterocycles. The van der Waals surface area contributed by atoms with Crippen LogP contribution in [-0.2, 0) is 9.53 Å². The SMILES string of the molecule is CC(=O)NC[C@H]1CN(c2ccc(NC3CCN(c4cc5c(cc4F)c(=O)c(C(=O)O)cn5C4CC4)CC3)c(F)c2)C(=O)O1. The molecular weight excluding hydrogens is 564 g/mol. The normalized spacial score (nSPS) is 19.0. The average Bonchev–Trinajstić information content (AvgIpc) is 3.75. The third-order valence-corrected chi connectivity index (χ3v) is 8.18. The maximum Gasteiger partial charge on any atom is 0.414 e. The fourth-order valence-corrected chi connectivity index (χ4v) is 5.78. The number of nitrogens with zero attached hydrogens (tertiary/aromatic N) is 3. The summed E-state index contributed by atoms with van der Waals surface area (Å²) in [4.78, 5) is 51.0. The third-order valence-electron chi connectivity index (χ3n) is 8.18. The molecule has 3 heterocycles. The van der Waals surface area contributed by atoms with Gasteiger partial charge in [-0.3, -0.25) is 14.5 Å². The first-order valence-corrected chi connectivity index (χ1v) is 14.2. The van der Waals surface area contributed by atoms with E-state index in [0.29, 0.717) is 42.8 Å². The van der Waals surface area contributed by atoms with Gasteiger partial charge in [-0.25, -0.2) is 18.4 Å². The van der Waals surface area contributed by atoms with Crippen LogP contribution in [0.1, 0.15) is 49.0 Å². The Bertz CT molecular complexity index is 1680. The van der Waals surface area contributed by atoms with Crippen LogP contribution in [0.4, 0.5) is 30.6 Å².